The molecule has 0 saturated carbocycles. The number of nitrogens with two attached hydrogens (primary N) is 1. The summed E-state index contributed by atoms with van der Waals surface area (Å²) in [5, 5.41) is 2.53. The van der Waals surface area contributed by atoms with Gasteiger partial charge >= 0.3 is 18.1 Å². The minimum atomic E-state index is -0.789. The van der Waals surface area contributed by atoms with Crippen molar-refractivity contribution >= 4 is 18.1 Å². The topological polar surface area (TPSA) is 111 Å². The minimum absolute atomic E-state index is 0.0820. The SMILES string of the molecule is CC[C@@H](C)[C@@H](C(=O)OC)N(CCNC(=O)OC(C)(C)C)C(N)=O. The maximum atomic E-state index is 12.0. The summed E-state index contributed by atoms with van der Waals surface area (Å²) >= 11 is 0. The number of hydrogen-bond acceptors (Lipinski definition) is 5. The Hall–Kier alpha value is -1.99. The number of amides is 3. The number of carbonyl (C=O) groups excluding carboxylic acids is 3. The molecule has 2 atom stereocenters. The molecular formula is C15H29N3O5. The summed E-state index contributed by atoms with van der Waals surface area (Å²) in [4.78, 5) is 36.4. The highest BCUT2D eigenvalue weighted by molar-refractivity contribution is 5.83. The van der Waals surface area contributed by atoms with Crippen molar-refractivity contribution < 1.29 is 23.9 Å². The van der Waals surface area contributed by atoms with Crippen molar-refractivity contribution in [2.45, 2.75) is 52.7 Å². The Morgan fingerprint density at radius 3 is 2.22 bits per heavy atom. The number of carbonyl (C=O) groups is 3. The first kappa shape index (κ1) is 21.0. The molecule has 3 amide bonds. The van der Waals surface area contributed by atoms with Gasteiger partial charge in [-0.1, -0.05) is 20.3 Å². The van der Waals surface area contributed by atoms with Gasteiger partial charge in [0, 0.05) is 13.1 Å². The van der Waals surface area contributed by atoms with Gasteiger partial charge in [0.1, 0.15) is 11.6 Å². The second kappa shape index (κ2) is 9.22. The largest absolute Gasteiger partial charge is 0.467 e. The van der Waals surface area contributed by atoms with Gasteiger partial charge in [-0.2, -0.15) is 0 Å². The summed E-state index contributed by atoms with van der Waals surface area (Å²) in [6.07, 6.45) is 0.0725. The number of primary amides is 1. The average Bonchev–Trinajstić information content (AvgIpc) is 2.42. The van der Waals surface area contributed by atoms with Gasteiger partial charge in [0.2, 0.25) is 0 Å². The highest BCUT2D eigenvalue weighted by atomic mass is 16.6. The zero-order valence-electron chi connectivity index (χ0n) is 14.8. The van der Waals surface area contributed by atoms with Gasteiger partial charge in [0.05, 0.1) is 7.11 Å². The second-order valence-electron chi connectivity index (χ2n) is 6.31. The Morgan fingerprint density at radius 1 is 1.26 bits per heavy atom. The summed E-state index contributed by atoms with van der Waals surface area (Å²) in [6, 6.07) is -1.53. The Labute approximate surface area is 137 Å². The Bertz CT molecular complexity index is 420. The highest BCUT2D eigenvalue weighted by Crippen LogP contribution is 2.16. The predicted molar refractivity (Wildman–Crippen MR) is 85.8 cm³/mol. The van der Waals surface area contributed by atoms with Gasteiger partial charge in [0.15, 0.2) is 0 Å². The molecule has 0 aromatic carbocycles. The molecule has 0 spiro atoms. The molecule has 0 aliphatic heterocycles. The van der Waals surface area contributed by atoms with E-state index in [0.29, 0.717) is 6.42 Å². The molecule has 0 aromatic rings. The molecule has 0 aliphatic rings. The molecule has 0 saturated heterocycles. The summed E-state index contributed by atoms with van der Waals surface area (Å²) in [5.41, 5.74) is 4.76. The van der Waals surface area contributed by atoms with Crippen LogP contribution in [0.15, 0.2) is 0 Å². The van der Waals surface area contributed by atoms with E-state index in [1.54, 1.807) is 20.8 Å². The lowest BCUT2D eigenvalue weighted by atomic mass is 9.97. The number of hydrogen-bond donors (Lipinski definition) is 2. The van der Waals surface area contributed by atoms with Gasteiger partial charge in [-0.25, -0.2) is 14.4 Å². The minimum Gasteiger partial charge on any atom is -0.467 e. The zero-order chi connectivity index (χ0) is 18.2. The molecule has 8 nitrogen and oxygen atoms in total. The summed E-state index contributed by atoms with van der Waals surface area (Å²) in [5.74, 6) is -0.660. The van der Waals surface area contributed by atoms with E-state index in [0.717, 1.165) is 0 Å². The molecule has 23 heavy (non-hydrogen) atoms. The number of esters is 1. The number of ether oxygens (including phenoxy) is 2. The number of methoxy groups -OCH3 is 1. The predicted octanol–water partition coefficient (Wildman–Crippen LogP) is 1.48. The van der Waals surface area contributed by atoms with Crippen molar-refractivity contribution in [2.24, 2.45) is 11.7 Å². The molecule has 0 fully saturated rings. The summed E-state index contributed by atoms with van der Waals surface area (Å²) < 4.78 is 9.86. The first-order chi connectivity index (χ1) is 10.5. The molecule has 8 heteroatoms. The van der Waals surface area contributed by atoms with E-state index in [4.69, 9.17) is 15.2 Å². The van der Waals surface area contributed by atoms with Crippen molar-refractivity contribution in [3.8, 4) is 0 Å². The van der Waals surface area contributed by atoms with Crippen LogP contribution in [0.2, 0.25) is 0 Å². The van der Waals surface area contributed by atoms with Crippen molar-refractivity contribution in [1.82, 2.24) is 10.2 Å². The Morgan fingerprint density at radius 2 is 1.83 bits per heavy atom. The van der Waals surface area contributed by atoms with Gasteiger partial charge in [-0.15, -0.1) is 0 Å². The van der Waals surface area contributed by atoms with Gasteiger partial charge in [-0.3, -0.25) is 0 Å². The van der Waals surface area contributed by atoms with E-state index in [2.05, 4.69) is 5.32 Å². The lowest BCUT2D eigenvalue weighted by molar-refractivity contribution is -0.147. The third-order valence-corrected chi connectivity index (χ3v) is 3.27. The normalized spacial score (nSPS) is 13.7. The Balaban J connectivity index is 4.81. The van der Waals surface area contributed by atoms with Crippen LogP contribution in [0.5, 0.6) is 0 Å². The highest BCUT2D eigenvalue weighted by Gasteiger charge is 2.33. The van der Waals surface area contributed by atoms with E-state index in [9.17, 15) is 14.4 Å². The summed E-state index contributed by atoms with van der Waals surface area (Å²) in [7, 11) is 1.26. The van der Waals surface area contributed by atoms with Crippen LogP contribution in [0.25, 0.3) is 0 Å². The lowest BCUT2D eigenvalue weighted by Gasteiger charge is -2.32. The van der Waals surface area contributed by atoms with E-state index in [1.807, 2.05) is 13.8 Å². The van der Waals surface area contributed by atoms with E-state index in [1.165, 1.54) is 12.0 Å². The smallest absolute Gasteiger partial charge is 0.407 e. The summed E-state index contributed by atoms with van der Waals surface area (Å²) in [6.45, 7) is 9.17. The van der Waals surface area contributed by atoms with Crippen LogP contribution in [0.1, 0.15) is 41.0 Å². The fraction of sp³-hybridized carbons (Fsp3) is 0.800. The molecule has 0 aliphatic carbocycles. The molecule has 134 valence electrons. The maximum absolute atomic E-state index is 12.0. The number of urea groups is 1. The molecule has 0 heterocycles. The van der Waals surface area contributed by atoms with Crippen molar-refractivity contribution in [3.63, 3.8) is 0 Å². The number of alkyl carbamates (subject to hydrolysis) is 1. The molecule has 3 N–H and O–H groups in total. The van der Waals surface area contributed by atoms with Gasteiger partial charge < -0.3 is 25.4 Å². The monoisotopic (exact) mass is 331 g/mol. The third-order valence-electron chi connectivity index (χ3n) is 3.27. The second-order valence-corrected chi connectivity index (χ2v) is 6.31. The van der Waals surface area contributed by atoms with Crippen LogP contribution in [0.3, 0.4) is 0 Å². The van der Waals surface area contributed by atoms with Crippen LogP contribution in [0, 0.1) is 5.92 Å². The Kier molecular flexibility index (Phi) is 8.42. The van der Waals surface area contributed by atoms with Crippen molar-refractivity contribution in [2.75, 3.05) is 20.2 Å². The molecule has 0 bridgehead atoms. The zero-order valence-corrected chi connectivity index (χ0v) is 14.8. The fourth-order valence-electron chi connectivity index (χ4n) is 1.99. The first-order valence-corrected chi connectivity index (χ1v) is 7.64. The van der Waals surface area contributed by atoms with Crippen LogP contribution < -0.4 is 11.1 Å². The van der Waals surface area contributed by atoms with E-state index in [-0.39, 0.29) is 19.0 Å². The van der Waals surface area contributed by atoms with Crippen LogP contribution >= 0.6 is 0 Å². The van der Waals surface area contributed by atoms with Crippen molar-refractivity contribution in [1.29, 1.82) is 0 Å². The molecular weight excluding hydrogens is 302 g/mol. The lowest BCUT2D eigenvalue weighted by Crippen LogP contribution is -2.53. The standard InChI is InChI=1S/C15H29N3O5/c1-7-10(2)11(12(19)22-6)18(13(16)20)9-8-17-14(21)23-15(3,4)5/h10-11H,7-9H2,1-6H3,(H2,16,20)(H,17,21)/t10-,11+/m1/s1. The quantitative estimate of drug-likeness (QED) is 0.686. The van der Waals surface area contributed by atoms with Crippen LogP contribution in [-0.2, 0) is 14.3 Å². The van der Waals surface area contributed by atoms with Gasteiger partial charge in [-0.05, 0) is 26.7 Å². The fourth-order valence-corrected chi connectivity index (χ4v) is 1.99. The average molecular weight is 331 g/mol. The molecule has 0 aromatic heterocycles. The molecule has 0 radical (unpaired) electrons. The third kappa shape index (κ3) is 7.71. The number of nitrogens with zero attached hydrogens (tertiary/aromatic N) is 1. The maximum Gasteiger partial charge on any atom is 0.407 e. The van der Waals surface area contributed by atoms with Crippen molar-refractivity contribution in [3.05, 3.63) is 0 Å². The molecule has 0 unspecified atom stereocenters. The van der Waals surface area contributed by atoms with E-state index >= 15 is 0 Å². The number of nitrogens with one attached hydrogen (secondary N) is 1. The molecule has 0 rings (SSSR count). The van der Waals surface area contributed by atoms with Gasteiger partial charge in [0.25, 0.3) is 0 Å². The van der Waals surface area contributed by atoms with Crippen LogP contribution in [0.4, 0.5) is 9.59 Å². The van der Waals surface area contributed by atoms with E-state index < -0.39 is 29.7 Å². The van der Waals surface area contributed by atoms with Crippen LogP contribution in [-0.4, -0.2) is 54.8 Å². The first-order valence-electron chi connectivity index (χ1n) is 7.64. The number of rotatable bonds is 7.